The first-order chi connectivity index (χ1) is 18.1. The number of likely N-dealkylation sites (N-methyl/N-ethyl adjacent to an activating group) is 1. The topological polar surface area (TPSA) is 113 Å². The van der Waals surface area contributed by atoms with Crippen LogP contribution in [0.3, 0.4) is 0 Å². The van der Waals surface area contributed by atoms with E-state index in [1.165, 1.54) is 4.90 Å². The number of rotatable bonds is 5. The molecule has 0 unspecified atom stereocenters. The van der Waals surface area contributed by atoms with Crippen LogP contribution in [-0.4, -0.2) is 84.4 Å². The second-order valence-corrected chi connectivity index (χ2v) is 8.88. The maximum atomic E-state index is 13.2. The van der Waals surface area contributed by atoms with Gasteiger partial charge in [-0.2, -0.15) is 0 Å². The Kier molecular flexibility index (Phi) is 7.44. The molecule has 2 aromatic carbocycles. The fourth-order valence-electron chi connectivity index (χ4n) is 4.18. The van der Waals surface area contributed by atoms with Crippen molar-refractivity contribution in [2.45, 2.75) is 12.5 Å². The molecule has 3 aromatic rings. The van der Waals surface area contributed by atoms with E-state index < -0.39 is 11.9 Å². The summed E-state index contributed by atoms with van der Waals surface area (Å²) in [5, 5.41) is 9.52. The first-order valence-corrected chi connectivity index (χ1v) is 12.2. The molecule has 0 aliphatic carbocycles. The maximum absolute atomic E-state index is 13.2. The molecule has 37 heavy (non-hydrogen) atoms. The quantitative estimate of drug-likeness (QED) is 0.507. The highest BCUT2D eigenvalue weighted by Gasteiger charge is 2.31. The van der Waals surface area contributed by atoms with Crippen LogP contribution in [0, 0.1) is 11.8 Å². The van der Waals surface area contributed by atoms with Crippen LogP contribution in [0.15, 0.2) is 48.5 Å². The number of amides is 2. The maximum Gasteiger partial charge on any atom is 0.291 e. The summed E-state index contributed by atoms with van der Waals surface area (Å²) >= 11 is 0. The third-order valence-corrected chi connectivity index (χ3v) is 6.25. The summed E-state index contributed by atoms with van der Waals surface area (Å²) in [7, 11) is 1.66. The fraction of sp³-hybridized carbons (Fsp3) is 0.333. The van der Waals surface area contributed by atoms with Crippen molar-refractivity contribution in [2.75, 3.05) is 51.4 Å². The predicted molar refractivity (Wildman–Crippen MR) is 136 cm³/mol. The number of morpholine rings is 1. The number of benzene rings is 2. The number of carbonyl (C=O) groups excluding carboxylic acids is 2. The van der Waals surface area contributed by atoms with E-state index in [4.69, 9.17) is 9.47 Å². The molecule has 190 valence electrons. The van der Waals surface area contributed by atoms with Crippen molar-refractivity contribution in [2.24, 2.45) is 0 Å². The van der Waals surface area contributed by atoms with Gasteiger partial charge in [0.1, 0.15) is 24.2 Å². The number of anilines is 1. The molecule has 0 spiro atoms. The molecule has 2 aliphatic heterocycles. The molecule has 10 heteroatoms. The zero-order valence-electron chi connectivity index (χ0n) is 20.6. The van der Waals surface area contributed by atoms with E-state index >= 15 is 0 Å². The van der Waals surface area contributed by atoms with Crippen molar-refractivity contribution in [3.8, 4) is 17.6 Å². The molecule has 1 saturated heterocycles. The van der Waals surface area contributed by atoms with Crippen LogP contribution < -0.4 is 15.0 Å². The zero-order valence-corrected chi connectivity index (χ0v) is 20.6. The molecule has 5 rings (SSSR count). The largest absolute Gasteiger partial charge is 0.489 e. The number of aromatic nitrogens is 3. The second kappa shape index (κ2) is 11.2. The Labute approximate surface area is 215 Å². The molecule has 3 heterocycles. The van der Waals surface area contributed by atoms with Gasteiger partial charge in [-0.25, -0.2) is 4.98 Å². The van der Waals surface area contributed by atoms with Gasteiger partial charge >= 0.3 is 0 Å². The van der Waals surface area contributed by atoms with E-state index in [2.05, 4.69) is 37.2 Å². The summed E-state index contributed by atoms with van der Waals surface area (Å²) in [6.45, 7) is 3.86. The van der Waals surface area contributed by atoms with Gasteiger partial charge in [-0.1, -0.05) is 42.2 Å². The molecule has 2 aliphatic rings. The van der Waals surface area contributed by atoms with E-state index in [1.54, 1.807) is 13.1 Å². The van der Waals surface area contributed by atoms with Crippen LogP contribution in [0.25, 0.3) is 0 Å². The lowest BCUT2D eigenvalue weighted by molar-refractivity contribution is -0.120. The lowest BCUT2D eigenvalue weighted by Gasteiger charge is -2.24. The number of carbonyl (C=O) groups is 2. The lowest BCUT2D eigenvalue weighted by atomic mass is 10.1. The number of aromatic amines is 1. The summed E-state index contributed by atoms with van der Waals surface area (Å²) in [4.78, 5) is 34.0. The van der Waals surface area contributed by atoms with E-state index in [0.717, 1.165) is 37.4 Å². The highest BCUT2D eigenvalue weighted by atomic mass is 16.5. The first kappa shape index (κ1) is 24.5. The average Bonchev–Trinajstić information content (AvgIpc) is 3.36. The molecule has 1 atom stereocenters. The van der Waals surface area contributed by atoms with Crippen LogP contribution >= 0.6 is 0 Å². The normalized spacial score (nSPS) is 17.7. The van der Waals surface area contributed by atoms with Gasteiger partial charge < -0.3 is 19.7 Å². The summed E-state index contributed by atoms with van der Waals surface area (Å²) in [5.41, 5.74) is 2.43. The van der Waals surface area contributed by atoms with Crippen molar-refractivity contribution >= 4 is 17.5 Å². The minimum atomic E-state index is -0.892. The van der Waals surface area contributed by atoms with Gasteiger partial charge in [0.2, 0.25) is 5.82 Å². The molecule has 0 bridgehead atoms. The molecular weight excluding hydrogens is 472 g/mol. The number of hydrogen-bond acceptors (Lipinski definition) is 7. The number of nitrogens with one attached hydrogen (secondary N) is 2. The van der Waals surface area contributed by atoms with Gasteiger partial charge in [0.25, 0.3) is 11.8 Å². The number of H-pyrrole nitrogens is 1. The minimum Gasteiger partial charge on any atom is -0.489 e. The van der Waals surface area contributed by atoms with E-state index in [9.17, 15) is 9.59 Å². The Bertz CT molecular complexity index is 1320. The lowest BCUT2D eigenvalue weighted by Crippen LogP contribution is -2.49. The third-order valence-electron chi connectivity index (χ3n) is 6.25. The molecule has 0 saturated carbocycles. The summed E-state index contributed by atoms with van der Waals surface area (Å²) < 4.78 is 11.2. The average molecular weight is 501 g/mol. The Hall–Kier alpha value is -4.20. The molecule has 2 amide bonds. The smallest absolute Gasteiger partial charge is 0.291 e. The molecule has 10 nitrogen and oxygen atoms in total. The Morgan fingerprint density at radius 1 is 1.19 bits per heavy atom. The van der Waals surface area contributed by atoms with Crippen LogP contribution in [-0.2, 0) is 16.0 Å². The van der Waals surface area contributed by atoms with Gasteiger partial charge in [0.05, 0.1) is 25.4 Å². The highest BCUT2D eigenvalue weighted by molar-refractivity contribution is 6.02. The number of nitrogens with zero attached hydrogens (tertiary/aromatic N) is 4. The number of ether oxygens (including phenoxy) is 2. The monoisotopic (exact) mass is 500 g/mol. The molecule has 1 fully saturated rings. The van der Waals surface area contributed by atoms with Gasteiger partial charge in [-0.3, -0.25) is 19.6 Å². The predicted octanol–water partition coefficient (Wildman–Crippen LogP) is 1.23. The zero-order chi connectivity index (χ0) is 25.6. The van der Waals surface area contributed by atoms with E-state index in [1.807, 2.05) is 42.5 Å². The van der Waals surface area contributed by atoms with E-state index in [-0.39, 0.29) is 18.3 Å². The van der Waals surface area contributed by atoms with Crippen LogP contribution in [0.2, 0.25) is 0 Å². The summed E-state index contributed by atoms with van der Waals surface area (Å²) in [6.07, 6.45) is 0.516. The number of hydrogen-bond donors (Lipinski definition) is 2. The van der Waals surface area contributed by atoms with Crippen LogP contribution in [0.5, 0.6) is 5.75 Å². The van der Waals surface area contributed by atoms with Crippen molar-refractivity contribution in [3.05, 3.63) is 71.3 Å². The van der Waals surface area contributed by atoms with Gasteiger partial charge in [0, 0.05) is 32.1 Å². The molecule has 0 radical (unpaired) electrons. The van der Waals surface area contributed by atoms with Crippen LogP contribution in [0.1, 0.15) is 27.6 Å². The van der Waals surface area contributed by atoms with Gasteiger partial charge in [-0.05, 0) is 23.8 Å². The van der Waals surface area contributed by atoms with Crippen molar-refractivity contribution in [1.29, 1.82) is 0 Å². The minimum absolute atomic E-state index is 0.00867. The third kappa shape index (κ3) is 5.97. The Morgan fingerprint density at radius 3 is 2.81 bits per heavy atom. The second-order valence-electron chi connectivity index (χ2n) is 8.88. The van der Waals surface area contributed by atoms with Crippen molar-refractivity contribution in [1.82, 2.24) is 25.4 Å². The van der Waals surface area contributed by atoms with Crippen molar-refractivity contribution < 1.29 is 19.1 Å². The highest BCUT2D eigenvalue weighted by Crippen LogP contribution is 2.31. The first-order valence-electron chi connectivity index (χ1n) is 12.2. The molecule has 2 N–H and O–H groups in total. The number of fused-ring (bicyclic) bond motifs is 1. The molecular formula is C27H28N6O4. The Morgan fingerprint density at radius 2 is 2.00 bits per heavy atom. The fourth-order valence-corrected chi connectivity index (χ4v) is 4.18. The molecule has 1 aromatic heterocycles. The summed E-state index contributed by atoms with van der Waals surface area (Å²) in [6, 6.07) is 14.4. The van der Waals surface area contributed by atoms with Gasteiger partial charge in [-0.15, -0.1) is 5.10 Å². The SMILES string of the molecule is CN1C(=O)[C@@H](NC(=O)c2n[nH]c(Cc3ccccc3)n2)COc2ccc(C#CCN3CCOCC3)cc21. The van der Waals surface area contributed by atoms with Crippen molar-refractivity contribution in [3.63, 3.8) is 0 Å². The van der Waals surface area contributed by atoms with Gasteiger partial charge in [0.15, 0.2) is 0 Å². The summed E-state index contributed by atoms with van der Waals surface area (Å²) in [5.74, 6) is 6.59. The van der Waals surface area contributed by atoms with E-state index in [0.29, 0.717) is 30.2 Å². The van der Waals surface area contributed by atoms with Crippen LogP contribution in [0.4, 0.5) is 5.69 Å². The Balaban J connectivity index is 1.22. The standard InChI is InChI=1S/C27H28N6O4/c1-32-22-16-20(8-5-11-33-12-14-36-15-13-33)9-10-23(22)37-18-21(27(32)35)28-26(34)25-29-24(30-31-25)17-19-6-3-2-4-7-19/h2-4,6-7,9-10,16,21H,11-15,17-18H2,1H3,(H,28,34)(H,29,30,31)/t21-/m0/s1.